The van der Waals surface area contributed by atoms with E-state index in [0.29, 0.717) is 30.1 Å². The van der Waals surface area contributed by atoms with Gasteiger partial charge in [-0.25, -0.2) is 4.39 Å². The van der Waals surface area contributed by atoms with Gasteiger partial charge in [0, 0.05) is 36.6 Å². The van der Waals surface area contributed by atoms with Crippen LogP contribution in [0.25, 0.3) is 0 Å². The van der Waals surface area contributed by atoms with Crippen molar-refractivity contribution < 1.29 is 9.18 Å². The van der Waals surface area contributed by atoms with Gasteiger partial charge < -0.3 is 10.6 Å². The van der Waals surface area contributed by atoms with Gasteiger partial charge in [0.1, 0.15) is 5.82 Å². The van der Waals surface area contributed by atoms with E-state index in [2.05, 4.69) is 10.6 Å². The van der Waals surface area contributed by atoms with Crippen LogP contribution in [0.15, 0.2) is 48.5 Å². The van der Waals surface area contributed by atoms with E-state index < -0.39 is 0 Å². The van der Waals surface area contributed by atoms with Crippen molar-refractivity contribution in [2.45, 2.75) is 19.5 Å². The summed E-state index contributed by atoms with van der Waals surface area (Å²) in [6, 6.07) is 14.0. The van der Waals surface area contributed by atoms with Crippen LogP contribution in [0, 0.1) is 5.82 Å². The number of rotatable bonds is 7. The second-order valence-electron chi connectivity index (χ2n) is 4.89. The van der Waals surface area contributed by atoms with Crippen molar-refractivity contribution >= 4 is 17.5 Å². The maximum absolute atomic E-state index is 13.4. The predicted molar refractivity (Wildman–Crippen MR) is 86.0 cm³/mol. The molecule has 5 heteroatoms. The quantitative estimate of drug-likeness (QED) is 0.769. The molecular formula is C17H18ClFN2O. The van der Waals surface area contributed by atoms with Gasteiger partial charge >= 0.3 is 0 Å². The van der Waals surface area contributed by atoms with Crippen molar-refractivity contribution in [2.24, 2.45) is 0 Å². The Bertz CT molecular complexity index is 634. The lowest BCUT2D eigenvalue weighted by Crippen LogP contribution is -2.27. The van der Waals surface area contributed by atoms with E-state index in [9.17, 15) is 9.18 Å². The highest BCUT2D eigenvalue weighted by atomic mass is 35.5. The average Bonchev–Trinajstić information content (AvgIpc) is 2.52. The summed E-state index contributed by atoms with van der Waals surface area (Å²) in [4.78, 5) is 11.7. The lowest BCUT2D eigenvalue weighted by atomic mass is 10.2. The highest BCUT2D eigenvalue weighted by molar-refractivity contribution is 6.31. The first-order valence-corrected chi connectivity index (χ1v) is 7.49. The molecule has 0 saturated heterocycles. The summed E-state index contributed by atoms with van der Waals surface area (Å²) >= 11 is 6.04. The molecule has 0 radical (unpaired) electrons. The van der Waals surface area contributed by atoms with Gasteiger partial charge in [0.05, 0.1) is 0 Å². The van der Waals surface area contributed by atoms with Crippen molar-refractivity contribution in [3.8, 4) is 0 Å². The van der Waals surface area contributed by atoms with Gasteiger partial charge in [-0.3, -0.25) is 4.79 Å². The van der Waals surface area contributed by atoms with Gasteiger partial charge in [-0.15, -0.1) is 0 Å². The van der Waals surface area contributed by atoms with Crippen LogP contribution in [0.2, 0.25) is 5.02 Å². The molecule has 22 heavy (non-hydrogen) atoms. The van der Waals surface area contributed by atoms with Crippen LogP contribution in [0.4, 0.5) is 4.39 Å². The van der Waals surface area contributed by atoms with Gasteiger partial charge in [-0.1, -0.05) is 48.0 Å². The maximum Gasteiger partial charge on any atom is 0.221 e. The number of benzene rings is 2. The zero-order valence-electron chi connectivity index (χ0n) is 12.1. The third-order valence-electron chi connectivity index (χ3n) is 3.24. The van der Waals surface area contributed by atoms with Crippen LogP contribution in [0.3, 0.4) is 0 Å². The fourth-order valence-corrected chi connectivity index (χ4v) is 2.19. The normalized spacial score (nSPS) is 10.5. The third kappa shape index (κ3) is 5.13. The second-order valence-corrected chi connectivity index (χ2v) is 5.29. The molecule has 116 valence electrons. The average molecular weight is 321 g/mol. The molecule has 0 aromatic heterocycles. The summed E-state index contributed by atoms with van der Waals surface area (Å²) in [7, 11) is 0. The molecule has 0 aliphatic carbocycles. The molecule has 0 spiro atoms. The molecule has 0 unspecified atom stereocenters. The standard InChI is InChI=1S/C17H18ClFN2O/c18-15-7-3-1-5-13(15)11-20-10-9-17(22)21-12-14-6-2-4-8-16(14)19/h1-8,20H,9-12H2,(H,21,22). The van der Waals surface area contributed by atoms with E-state index in [1.165, 1.54) is 6.07 Å². The van der Waals surface area contributed by atoms with Gasteiger partial charge in [0.15, 0.2) is 0 Å². The Morgan fingerprint density at radius 3 is 2.41 bits per heavy atom. The summed E-state index contributed by atoms with van der Waals surface area (Å²) < 4.78 is 13.4. The number of carbonyl (C=O) groups is 1. The Labute approximate surface area is 134 Å². The van der Waals surface area contributed by atoms with E-state index in [0.717, 1.165) is 5.56 Å². The number of hydrogen-bond donors (Lipinski definition) is 2. The first kappa shape index (κ1) is 16.5. The van der Waals surface area contributed by atoms with Crippen LogP contribution >= 0.6 is 11.6 Å². The molecule has 2 N–H and O–H groups in total. The number of amides is 1. The lowest BCUT2D eigenvalue weighted by Gasteiger charge is -2.08. The molecule has 3 nitrogen and oxygen atoms in total. The third-order valence-corrected chi connectivity index (χ3v) is 3.60. The molecule has 1 amide bonds. The summed E-state index contributed by atoms with van der Waals surface area (Å²) in [5, 5.41) is 6.58. The first-order chi connectivity index (χ1) is 10.7. The van der Waals surface area contributed by atoms with Crippen LogP contribution in [0.1, 0.15) is 17.5 Å². The Morgan fingerprint density at radius 2 is 1.68 bits per heavy atom. The van der Waals surface area contributed by atoms with Gasteiger partial charge in [-0.05, 0) is 17.7 Å². The van der Waals surface area contributed by atoms with Crippen LogP contribution in [-0.4, -0.2) is 12.5 Å². The van der Waals surface area contributed by atoms with Crippen molar-refractivity contribution in [3.05, 3.63) is 70.5 Å². The minimum atomic E-state index is -0.306. The molecule has 0 atom stereocenters. The van der Waals surface area contributed by atoms with E-state index in [1.54, 1.807) is 18.2 Å². The van der Waals surface area contributed by atoms with Crippen molar-refractivity contribution in [1.82, 2.24) is 10.6 Å². The number of hydrogen-bond acceptors (Lipinski definition) is 2. The minimum Gasteiger partial charge on any atom is -0.352 e. The number of nitrogens with one attached hydrogen (secondary N) is 2. The fourth-order valence-electron chi connectivity index (χ4n) is 1.99. The van der Waals surface area contributed by atoms with Crippen LogP contribution < -0.4 is 10.6 Å². The predicted octanol–water partition coefficient (Wildman–Crippen LogP) is 3.28. The first-order valence-electron chi connectivity index (χ1n) is 7.11. The van der Waals surface area contributed by atoms with Crippen molar-refractivity contribution in [3.63, 3.8) is 0 Å². The highest BCUT2D eigenvalue weighted by Crippen LogP contribution is 2.14. The molecule has 2 aromatic rings. The number of halogens is 2. The molecule has 0 aliphatic heterocycles. The Kier molecular flexibility index (Phi) is 6.37. The lowest BCUT2D eigenvalue weighted by molar-refractivity contribution is -0.121. The van der Waals surface area contributed by atoms with E-state index in [-0.39, 0.29) is 18.3 Å². The van der Waals surface area contributed by atoms with Gasteiger partial charge in [0.25, 0.3) is 0 Å². The zero-order valence-corrected chi connectivity index (χ0v) is 12.9. The maximum atomic E-state index is 13.4. The Balaban J connectivity index is 1.66. The molecule has 0 bridgehead atoms. The van der Waals surface area contributed by atoms with Crippen LogP contribution in [0.5, 0.6) is 0 Å². The molecule has 0 heterocycles. The van der Waals surface area contributed by atoms with E-state index >= 15 is 0 Å². The number of carbonyl (C=O) groups excluding carboxylic acids is 1. The fraction of sp³-hybridized carbons (Fsp3) is 0.235. The minimum absolute atomic E-state index is 0.116. The topological polar surface area (TPSA) is 41.1 Å². The summed E-state index contributed by atoms with van der Waals surface area (Å²) in [5.74, 6) is -0.422. The molecule has 0 fully saturated rings. The van der Waals surface area contributed by atoms with Crippen molar-refractivity contribution in [1.29, 1.82) is 0 Å². The van der Waals surface area contributed by atoms with Crippen molar-refractivity contribution in [2.75, 3.05) is 6.54 Å². The van der Waals surface area contributed by atoms with E-state index in [4.69, 9.17) is 11.6 Å². The molecule has 0 saturated carbocycles. The van der Waals surface area contributed by atoms with E-state index in [1.807, 2.05) is 24.3 Å². The highest BCUT2D eigenvalue weighted by Gasteiger charge is 2.04. The summed E-state index contributed by atoms with van der Waals surface area (Å²) in [6.45, 7) is 1.35. The Hall–Kier alpha value is -1.91. The molecule has 2 aromatic carbocycles. The molecule has 2 rings (SSSR count). The molecule has 0 aliphatic rings. The van der Waals surface area contributed by atoms with Gasteiger partial charge in [-0.2, -0.15) is 0 Å². The van der Waals surface area contributed by atoms with Crippen LogP contribution in [-0.2, 0) is 17.9 Å². The monoisotopic (exact) mass is 320 g/mol. The smallest absolute Gasteiger partial charge is 0.221 e. The Morgan fingerprint density at radius 1 is 1.00 bits per heavy atom. The summed E-state index contributed by atoms with van der Waals surface area (Å²) in [5.41, 5.74) is 1.48. The molecular weight excluding hydrogens is 303 g/mol. The van der Waals surface area contributed by atoms with Gasteiger partial charge in [0.2, 0.25) is 5.91 Å². The zero-order chi connectivity index (χ0) is 15.8. The largest absolute Gasteiger partial charge is 0.352 e. The second kappa shape index (κ2) is 8.51. The summed E-state index contributed by atoms with van der Waals surface area (Å²) in [6.07, 6.45) is 0.332. The SMILES string of the molecule is O=C(CCNCc1ccccc1Cl)NCc1ccccc1F.